The van der Waals surface area contributed by atoms with Gasteiger partial charge in [0.2, 0.25) is 0 Å². The quantitative estimate of drug-likeness (QED) is 0.751. The first-order chi connectivity index (χ1) is 9.04. The van der Waals surface area contributed by atoms with Crippen molar-refractivity contribution in [2.24, 2.45) is 0 Å². The summed E-state index contributed by atoms with van der Waals surface area (Å²) in [6, 6.07) is 6.65. The standard InChI is InChI=1S/C13H16N4OS/c1-8(2)11-7-19-13(16-11)17-12(18)15-10-5-3-9(14)4-6-10/h3-8H,14H2,1-2H3,(H2,15,16,17,18). The number of thiazole rings is 1. The lowest BCUT2D eigenvalue weighted by molar-refractivity contribution is 0.262. The molecule has 0 saturated carbocycles. The summed E-state index contributed by atoms with van der Waals surface area (Å²) >= 11 is 1.42. The molecule has 0 saturated heterocycles. The van der Waals surface area contributed by atoms with Crippen LogP contribution in [0.5, 0.6) is 0 Å². The van der Waals surface area contributed by atoms with Gasteiger partial charge in [0.25, 0.3) is 0 Å². The molecule has 0 aliphatic rings. The average molecular weight is 276 g/mol. The van der Waals surface area contributed by atoms with Crippen molar-refractivity contribution < 1.29 is 4.79 Å². The van der Waals surface area contributed by atoms with Gasteiger partial charge >= 0.3 is 6.03 Å². The zero-order chi connectivity index (χ0) is 13.8. The summed E-state index contributed by atoms with van der Waals surface area (Å²) in [4.78, 5) is 16.1. The predicted octanol–water partition coefficient (Wildman–Crippen LogP) is 3.49. The van der Waals surface area contributed by atoms with Crippen molar-refractivity contribution in [2.75, 3.05) is 16.4 Å². The van der Waals surface area contributed by atoms with Crippen LogP contribution in [0.25, 0.3) is 0 Å². The van der Waals surface area contributed by atoms with Crippen LogP contribution in [0.15, 0.2) is 29.6 Å². The number of anilines is 3. The Morgan fingerprint density at radius 2 is 1.95 bits per heavy atom. The van der Waals surface area contributed by atoms with E-state index in [0.29, 0.717) is 22.4 Å². The molecule has 0 aliphatic heterocycles. The topological polar surface area (TPSA) is 80.0 Å². The maximum Gasteiger partial charge on any atom is 0.325 e. The third-order valence-corrected chi connectivity index (χ3v) is 3.28. The number of nitrogens with two attached hydrogens (primary N) is 1. The average Bonchev–Trinajstić information content (AvgIpc) is 2.80. The second-order valence-electron chi connectivity index (χ2n) is 4.43. The van der Waals surface area contributed by atoms with E-state index in [1.54, 1.807) is 24.3 Å². The Labute approximate surface area is 115 Å². The number of nitrogens with one attached hydrogen (secondary N) is 2. The third-order valence-electron chi connectivity index (χ3n) is 2.50. The zero-order valence-electron chi connectivity index (χ0n) is 10.8. The molecule has 0 atom stereocenters. The number of amides is 2. The minimum absolute atomic E-state index is 0.311. The van der Waals surface area contributed by atoms with E-state index < -0.39 is 0 Å². The van der Waals surface area contributed by atoms with Crippen LogP contribution in [0, 0.1) is 0 Å². The van der Waals surface area contributed by atoms with Gasteiger partial charge in [0, 0.05) is 16.8 Å². The van der Waals surface area contributed by atoms with Crippen LogP contribution in [0.3, 0.4) is 0 Å². The fraction of sp³-hybridized carbons (Fsp3) is 0.231. The van der Waals surface area contributed by atoms with Crippen LogP contribution in [0.2, 0.25) is 0 Å². The van der Waals surface area contributed by atoms with Crippen molar-refractivity contribution in [3.8, 4) is 0 Å². The molecule has 100 valence electrons. The van der Waals surface area contributed by atoms with Gasteiger partial charge in [-0.25, -0.2) is 9.78 Å². The largest absolute Gasteiger partial charge is 0.399 e. The SMILES string of the molecule is CC(C)c1csc(NC(=O)Nc2ccc(N)cc2)n1. The smallest absolute Gasteiger partial charge is 0.325 e. The van der Waals surface area contributed by atoms with Crippen molar-refractivity contribution in [1.82, 2.24) is 4.98 Å². The second-order valence-corrected chi connectivity index (χ2v) is 5.29. The lowest BCUT2D eigenvalue weighted by Crippen LogP contribution is -2.19. The van der Waals surface area contributed by atoms with E-state index in [1.165, 1.54) is 11.3 Å². The molecule has 2 rings (SSSR count). The highest BCUT2D eigenvalue weighted by molar-refractivity contribution is 7.13. The van der Waals surface area contributed by atoms with Crippen LogP contribution in [0.1, 0.15) is 25.5 Å². The molecule has 0 radical (unpaired) electrons. The minimum Gasteiger partial charge on any atom is -0.399 e. The van der Waals surface area contributed by atoms with Gasteiger partial charge in [0.1, 0.15) is 0 Å². The lowest BCUT2D eigenvalue weighted by atomic mass is 10.2. The summed E-state index contributed by atoms with van der Waals surface area (Å²) in [6.45, 7) is 4.13. The Balaban J connectivity index is 1.95. The van der Waals surface area contributed by atoms with Gasteiger partial charge in [-0.2, -0.15) is 0 Å². The van der Waals surface area contributed by atoms with E-state index in [1.807, 2.05) is 5.38 Å². The highest BCUT2D eigenvalue weighted by Gasteiger charge is 2.08. The molecule has 0 fully saturated rings. The van der Waals surface area contributed by atoms with Crippen molar-refractivity contribution in [1.29, 1.82) is 0 Å². The fourth-order valence-electron chi connectivity index (χ4n) is 1.43. The molecule has 0 bridgehead atoms. The molecule has 1 aromatic heterocycles. The van der Waals surface area contributed by atoms with Gasteiger partial charge in [-0.3, -0.25) is 5.32 Å². The van der Waals surface area contributed by atoms with Crippen LogP contribution in [-0.2, 0) is 0 Å². The van der Waals surface area contributed by atoms with Gasteiger partial charge in [0.05, 0.1) is 5.69 Å². The molecule has 1 heterocycles. The van der Waals surface area contributed by atoms with Crippen LogP contribution in [0.4, 0.5) is 21.3 Å². The van der Waals surface area contributed by atoms with Crippen LogP contribution < -0.4 is 16.4 Å². The molecule has 5 nitrogen and oxygen atoms in total. The van der Waals surface area contributed by atoms with Crippen LogP contribution >= 0.6 is 11.3 Å². The van der Waals surface area contributed by atoms with Gasteiger partial charge in [-0.15, -0.1) is 11.3 Å². The van der Waals surface area contributed by atoms with Crippen molar-refractivity contribution in [3.05, 3.63) is 35.3 Å². The number of urea groups is 1. The van der Waals surface area contributed by atoms with E-state index in [2.05, 4.69) is 29.5 Å². The van der Waals surface area contributed by atoms with E-state index in [0.717, 1.165) is 5.69 Å². The fourth-order valence-corrected chi connectivity index (χ4v) is 2.30. The Morgan fingerprint density at radius 1 is 1.26 bits per heavy atom. The summed E-state index contributed by atoms with van der Waals surface area (Å²) in [5.41, 5.74) is 7.90. The van der Waals surface area contributed by atoms with E-state index in [9.17, 15) is 4.79 Å². The van der Waals surface area contributed by atoms with E-state index in [4.69, 9.17) is 5.73 Å². The number of rotatable bonds is 3. The van der Waals surface area contributed by atoms with Gasteiger partial charge in [-0.1, -0.05) is 13.8 Å². The molecule has 4 N–H and O–H groups in total. The molecule has 1 aromatic carbocycles. The predicted molar refractivity (Wildman–Crippen MR) is 79.7 cm³/mol. The summed E-state index contributed by atoms with van der Waals surface area (Å²) in [7, 11) is 0. The number of carbonyl (C=O) groups excluding carboxylic acids is 1. The summed E-state index contributed by atoms with van der Waals surface area (Å²) in [5, 5.41) is 7.97. The molecule has 0 spiro atoms. The first kappa shape index (κ1) is 13.4. The van der Waals surface area contributed by atoms with E-state index >= 15 is 0 Å². The first-order valence-electron chi connectivity index (χ1n) is 5.93. The Bertz CT molecular complexity index is 562. The number of aromatic nitrogens is 1. The van der Waals surface area contributed by atoms with Crippen molar-refractivity contribution in [3.63, 3.8) is 0 Å². The van der Waals surface area contributed by atoms with Gasteiger partial charge < -0.3 is 11.1 Å². The molecule has 2 amide bonds. The molecular weight excluding hydrogens is 260 g/mol. The Kier molecular flexibility index (Phi) is 4.01. The van der Waals surface area contributed by atoms with Gasteiger partial charge in [-0.05, 0) is 30.2 Å². The number of nitrogens with zero attached hydrogens (tertiary/aromatic N) is 1. The van der Waals surface area contributed by atoms with Gasteiger partial charge in [0.15, 0.2) is 5.13 Å². The zero-order valence-corrected chi connectivity index (χ0v) is 11.6. The maximum atomic E-state index is 11.8. The molecule has 0 unspecified atom stereocenters. The number of benzene rings is 1. The Hall–Kier alpha value is -2.08. The summed E-state index contributed by atoms with van der Waals surface area (Å²) in [5.74, 6) is 0.354. The van der Waals surface area contributed by atoms with Crippen molar-refractivity contribution in [2.45, 2.75) is 19.8 Å². The van der Waals surface area contributed by atoms with Crippen molar-refractivity contribution >= 4 is 33.9 Å². The molecule has 19 heavy (non-hydrogen) atoms. The minimum atomic E-state index is -0.311. The molecular formula is C13H16N4OS. The first-order valence-corrected chi connectivity index (χ1v) is 6.81. The number of hydrogen-bond acceptors (Lipinski definition) is 4. The number of carbonyl (C=O) groups is 1. The highest BCUT2D eigenvalue weighted by Crippen LogP contribution is 2.21. The molecule has 6 heteroatoms. The number of hydrogen-bond donors (Lipinski definition) is 3. The molecule has 0 aliphatic carbocycles. The third kappa shape index (κ3) is 3.69. The highest BCUT2D eigenvalue weighted by atomic mass is 32.1. The second kappa shape index (κ2) is 5.71. The lowest BCUT2D eigenvalue weighted by Gasteiger charge is -2.05. The molecule has 2 aromatic rings. The summed E-state index contributed by atoms with van der Waals surface area (Å²) < 4.78 is 0. The summed E-state index contributed by atoms with van der Waals surface area (Å²) in [6.07, 6.45) is 0. The monoisotopic (exact) mass is 276 g/mol. The number of nitrogen functional groups attached to an aromatic ring is 1. The van der Waals surface area contributed by atoms with E-state index in [-0.39, 0.29) is 6.03 Å². The van der Waals surface area contributed by atoms with Crippen LogP contribution in [-0.4, -0.2) is 11.0 Å². The Morgan fingerprint density at radius 3 is 2.53 bits per heavy atom. The normalized spacial score (nSPS) is 10.5. The maximum absolute atomic E-state index is 11.8.